The summed E-state index contributed by atoms with van der Waals surface area (Å²) < 4.78 is 0. The topological polar surface area (TPSA) is 83.5 Å². The summed E-state index contributed by atoms with van der Waals surface area (Å²) in [5.41, 5.74) is 0.601. The van der Waals surface area contributed by atoms with E-state index in [1.807, 2.05) is 6.07 Å². The highest BCUT2D eigenvalue weighted by atomic mass is 16.4. The molecule has 0 aliphatic heterocycles. The van der Waals surface area contributed by atoms with E-state index in [1.54, 1.807) is 67.6 Å². The first-order chi connectivity index (χ1) is 13.5. The maximum Gasteiger partial charge on any atom is 0.336 e. The molecule has 138 valence electrons. The molecule has 3 aromatic rings. The Morgan fingerprint density at radius 2 is 1.39 bits per heavy atom. The van der Waals surface area contributed by atoms with Crippen molar-refractivity contribution in [1.82, 2.24) is 0 Å². The molecule has 0 saturated heterocycles. The van der Waals surface area contributed by atoms with Crippen LogP contribution in [0.3, 0.4) is 0 Å². The summed E-state index contributed by atoms with van der Waals surface area (Å²) in [6.07, 6.45) is 0. The molecule has 0 unspecified atom stereocenters. The number of benzene rings is 3. The number of carbonyl (C=O) groups is 3. The Morgan fingerprint density at radius 3 is 1.96 bits per heavy atom. The summed E-state index contributed by atoms with van der Waals surface area (Å²) in [4.78, 5) is 38.4. The Morgan fingerprint density at radius 1 is 0.821 bits per heavy atom. The van der Waals surface area contributed by atoms with Gasteiger partial charge in [0.2, 0.25) is 11.6 Å². The number of fused-ring (bicyclic) bond motifs is 1. The molecule has 0 saturated carbocycles. The Labute approximate surface area is 161 Å². The van der Waals surface area contributed by atoms with Crippen LogP contribution < -0.4 is 5.32 Å². The number of hydrogen-bond donors (Lipinski definition) is 2. The summed E-state index contributed by atoms with van der Waals surface area (Å²) in [7, 11) is 0. The Hall–Kier alpha value is -3.73. The highest BCUT2D eigenvalue weighted by Gasteiger charge is 2.54. The van der Waals surface area contributed by atoms with Gasteiger partial charge in [-0.05, 0) is 30.2 Å². The molecule has 0 radical (unpaired) electrons. The van der Waals surface area contributed by atoms with Crippen molar-refractivity contribution in [2.24, 2.45) is 0 Å². The van der Waals surface area contributed by atoms with Crippen LogP contribution >= 0.6 is 0 Å². The normalized spacial score (nSPS) is 14.6. The third-order valence-electron chi connectivity index (χ3n) is 5.19. The highest BCUT2D eigenvalue weighted by Crippen LogP contribution is 2.41. The smallest absolute Gasteiger partial charge is 0.336 e. The van der Waals surface area contributed by atoms with Gasteiger partial charge in [-0.2, -0.15) is 0 Å². The van der Waals surface area contributed by atoms with Crippen LogP contribution in [0, 0.1) is 6.92 Å². The van der Waals surface area contributed by atoms with Crippen molar-refractivity contribution in [2.45, 2.75) is 12.5 Å². The van der Waals surface area contributed by atoms with Crippen LogP contribution in [-0.4, -0.2) is 22.6 Å². The molecule has 0 bridgehead atoms. The minimum atomic E-state index is -1.63. The van der Waals surface area contributed by atoms with Crippen LogP contribution in [0.2, 0.25) is 0 Å². The van der Waals surface area contributed by atoms with Crippen molar-refractivity contribution in [3.05, 3.63) is 101 Å². The van der Waals surface area contributed by atoms with E-state index in [4.69, 9.17) is 0 Å². The van der Waals surface area contributed by atoms with E-state index in [2.05, 4.69) is 5.32 Å². The standard InChI is InChI=1S/C23H17NO4/c1-14-16(22(27)28)12-7-13-19(14)24-23(15-8-3-2-4-9-15)20(25)17-10-5-6-11-18(17)21(23)26/h2-13,24H,1H3,(H,27,28). The lowest BCUT2D eigenvalue weighted by atomic mass is 9.84. The van der Waals surface area contributed by atoms with E-state index in [0.717, 1.165) is 0 Å². The lowest BCUT2D eigenvalue weighted by Gasteiger charge is -2.30. The summed E-state index contributed by atoms with van der Waals surface area (Å²) in [5, 5.41) is 12.5. The average molecular weight is 371 g/mol. The zero-order chi connectivity index (χ0) is 19.9. The zero-order valence-electron chi connectivity index (χ0n) is 15.1. The lowest BCUT2D eigenvalue weighted by Crippen LogP contribution is -2.46. The van der Waals surface area contributed by atoms with Crippen LogP contribution in [0.15, 0.2) is 72.8 Å². The number of carboxylic acid groups (broad SMARTS) is 1. The van der Waals surface area contributed by atoms with Gasteiger partial charge in [0.1, 0.15) is 0 Å². The molecule has 0 atom stereocenters. The number of Topliss-reactive ketones (excluding diaryl/α,β-unsaturated/α-hetero) is 2. The van der Waals surface area contributed by atoms with Crippen LogP contribution in [0.5, 0.6) is 0 Å². The highest BCUT2D eigenvalue weighted by molar-refractivity contribution is 6.34. The molecular formula is C23H17NO4. The second-order valence-electron chi connectivity index (χ2n) is 6.73. The van der Waals surface area contributed by atoms with E-state index in [0.29, 0.717) is 27.9 Å². The number of nitrogens with one attached hydrogen (secondary N) is 1. The number of rotatable bonds is 4. The monoisotopic (exact) mass is 371 g/mol. The molecule has 1 aliphatic carbocycles. The largest absolute Gasteiger partial charge is 0.478 e. The van der Waals surface area contributed by atoms with Gasteiger partial charge in [0, 0.05) is 16.8 Å². The van der Waals surface area contributed by atoms with Gasteiger partial charge in [-0.3, -0.25) is 9.59 Å². The molecule has 5 heteroatoms. The third-order valence-corrected chi connectivity index (χ3v) is 5.19. The molecule has 0 heterocycles. The SMILES string of the molecule is Cc1c(NC2(c3ccccc3)C(=O)c3ccccc3C2=O)cccc1C(=O)O. The first-order valence-corrected chi connectivity index (χ1v) is 8.82. The molecule has 5 nitrogen and oxygen atoms in total. The maximum atomic E-state index is 13.5. The minimum absolute atomic E-state index is 0.114. The van der Waals surface area contributed by atoms with Crippen LogP contribution in [-0.2, 0) is 5.54 Å². The van der Waals surface area contributed by atoms with Gasteiger partial charge in [0.15, 0.2) is 5.54 Å². The van der Waals surface area contributed by atoms with Gasteiger partial charge < -0.3 is 10.4 Å². The Bertz CT molecular complexity index is 1080. The quantitative estimate of drug-likeness (QED) is 0.675. The Balaban J connectivity index is 1.94. The van der Waals surface area contributed by atoms with Gasteiger partial charge in [-0.25, -0.2) is 4.79 Å². The zero-order valence-corrected chi connectivity index (χ0v) is 15.1. The van der Waals surface area contributed by atoms with E-state index >= 15 is 0 Å². The first kappa shape index (κ1) is 17.7. The fraction of sp³-hybridized carbons (Fsp3) is 0.0870. The molecule has 3 aromatic carbocycles. The third kappa shape index (κ3) is 2.44. The van der Waals surface area contributed by atoms with Crippen LogP contribution in [0.4, 0.5) is 5.69 Å². The number of carbonyl (C=O) groups excluding carboxylic acids is 2. The number of ketones is 2. The van der Waals surface area contributed by atoms with Crippen molar-refractivity contribution in [2.75, 3.05) is 5.32 Å². The summed E-state index contributed by atoms with van der Waals surface area (Å²) in [6.45, 7) is 1.65. The van der Waals surface area contributed by atoms with Crippen molar-refractivity contribution in [3.8, 4) is 0 Å². The molecule has 4 rings (SSSR count). The first-order valence-electron chi connectivity index (χ1n) is 8.82. The number of aromatic carboxylic acids is 1. The molecule has 1 aliphatic rings. The fourth-order valence-corrected chi connectivity index (χ4v) is 3.73. The molecule has 0 spiro atoms. The van der Waals surface area contributed by atoms with E-state index in [1.165, 1.54) is 6.07 Å². The van der Waals surface area contributed by atoms with Gasteiger partial charge in [-0.1, -0.05) is 60.7 Å². The molecule has 0 aromatic heterocycles. The number of anilines is 1. The number of carboxylic acids is 1. The molecular weight excluding hydrogens is 354 g/mol. The van der Waals surface area contributed by atoms with E-state index in [-0.39, 0.29) is 17.1 Å². The second kappa shape index (κ2) is 6.46. The molecule has 28 heavy (non-hydrogen) atoms. The van der Waals surface area contributed by atoms with Crippen molar-refractivity contribution >= 4 is 23.2 Å². The van der Waals surface area contributed by atoms with Gasteiger partial charge in [-0.15, -0.1) is 0 Å². The fourth-order valence-electron chi connectivity index (χ4n) is 3.73. The van der Waals surface area contributed by atoms with E-state index in [9.17, 15) is 19.5 Å². The van der Waals surface area contributed by atoms with Crippen LogP contribution in [0.25, 0.3) is 0 Å². The minimum Gasteiger partial charge on any atom is -0.478 e. The van der Waals surface area contributed by atoms with Crippen molar-refractivity contribution < 1.29 is 19.5 Å². The van der Waals surface area contributed by atoms with Crippen LogP contribution in [0.1, 0.15) is 42.2 Å². The summed E-state index contributed by atoms with van der Waals surface area (Å²) >= 11 is 0. The maximum absolute atomic E-state index is 13.5. The van der Waals surface area contributed by atoms with Crippen molar-refractivity contribution in [1.29, 1.82) is 0 Å². The van der Waals surface area contributed by atoms with Gasteiger partial charge >= 0.3 is 5.97 Å². The van der Waals surface area contributed by atoms with Crippen molar-refractivity contribution in [3.63, 3.8) is 0 Å². The molecule has 2 N–H and O–H groups in total. The van der Waals surface area contributed by atoms with E-state index < -0.39 is 11.5 Å². The van der Waals surface area contributed by atoms with Gasteiger partial charge in [0.05, 0.1) is 5.56 Å². The average Bonchev–Trinajstić information content (AvgIpc) is 2.93. The molecule has 0 fully saturated rings. The predicted molar refractivity (Wildman–Crippen MR) is 105 cm³/mol. The summed E-state index contributed by atoms with van der Waals surface area (Å²) in [5.74, 6) is -1.76. The second-order valence-corrected chi connectivity index (χ2v) is 6.73. The summed E-state index contributed by atoms with van der Waals surface area (Å²) in [6, 6.07) is 20.3. The van der Waals surface area contributed by atoms with Gasteiger partial charge in [0.25, 0.3) is 0 Å². The lowest BCUT2D eigenvalue weighted by molar-refractivity contribution is 0.0695. The number of hydrogen-bond acceptors (Lipinski definition) is 4. The molecule has 0 amide bonds. The predicted octanol–water partition coefficient (Wildman–Crippen LogP) is 4.08. The Kier molecular flexibility index (Phi) is 4.08.